The molecule has 1 aliphatic heterocycles. The third kappa shape index (κ3) is 3.08. The van der Waals surface area contributed by atoms with Crippen molar-refractivity contribution in [2.75, 3.05) is 13.1 Å². The summed E-state index contributed by atoms with van der Waals surface area (Å²) in [4.78, 5) is 3.84. The first-order valence-corrected chi connectivity index (χ1v) is 7.93. The highest BCUT2D eigenvalue weighted by molar-refractivity contribution is 7.16. The molecule has 1 aliphatic rings. The lowest BCUT2D eigenvalue weighted by Gasteiger charge is -2.30. The van der Waals surface area contributed by atoms with Gasteiger partial charge >= 0.3 is 0 Å². The van der Waals surface area contributed by atoms with Crippen LogP contribution in [0.1, 0.15) is 38.1 Å². The molecule has 1 aromatic heterocycles. The van der Waals surface area contributed by atoms with E-state index in [9.17, 15) is 0 Å². The van der Waals surface area contributed by atoms with Gasteiger partial charge in [0.25, 0.3) is 0 Å². The van der Waals surface area contributed by atoms with E-state index < -0.39 is 0 Å². The lowest BCUT2D eigenvalue weighted by molar-refractivity contribution is 0.207. The molecule has 0 bridgehead atoms. The van der Waals surface area contributed by atoms with Gasteiger partial charge in [0.15, 0.2) is 0 Å². The maximum Gasteiger partial charge on any atom is 0.0931 e. The van der Waals surface area contributed by atoms with Crippen molar-refractivity contribution in [3.05, 3.63) is 21.3 Å². The molecule has 2 heterocycles. The minimum absolute atomic E-state index is 0.144. The van der Waals surface area contributed by atoms with Crippen LogP contribution in [0.5, 0.6) is 0 Å². The Hall–Kier alpha value is -0.0900. The Morgan fingerprint density at radius 3 is 2.56 bits per heavy atom. The highest BCUT2D eigenvalue weighted by atomic mass is 35.5. The summed E-state index contributed by atoms with van der Waals surface area (Å²) in [6.07, 6.45) is 1.29. The van der Waals surface area contributed by atoms with Crippen molar-refractivity contribution in [2.24, 2.45) is 17.6 Å². The normalized spacial score (nSPS) is 24.7. The zero-order chi connectivity index (χ0) is 13.3. The Morgan fingerprint density at radius 1 is 1.39 bits per heavy atom. The topological polar surface area (TPSA) is 29.3 Å². The Bertz CT molecular complexity index is 389. The van der Waals surface area contributed by atoms with Crippen molar-refractivity contribution in [3.8, 4) is 0 Å². The van der Waals surface area contributed by atoms with Crippen molar-refractivity contribution in [1.82, 2.24) is 4.90 Å². The molecule has 4 heteroatoms. The summed E-state index contributed by atoms with van der Waals surface area (Å²) < 4.78 is 0.857. The number of nitrogens with two attached hydrogens (primary N) is 1. The van der Waals surface area contributed by atoms with E-state index in [2.05, 4.69) is 31.7 Å². The monoisotopic (exact) mass is 286 g/mol. The van der Waals surface area contributed by atoms with Crippen LogP contribution in [0.15, 0.2) is 12.1 Å². The number of hydrogen-bond acceptors (Lipinski definition) is 3. The summed E-state index contributed by atoms with van der Waals surface area (Å²) in [5.74, 6) is 1.57. The van der Waals surface area contributed by atoms with E-state index in [0.717, 1.165) is 22.7 Å². The Balaban J connectivity index is 2.12. The van der Waals surface area contributed by atoms with E-state index in [4.69, 9.17) is 17.3 Å². The molecule has 0 aromatic carbocycles. The van der Waals surface area contributed by atoms with Crippen LogP contribution in [0, 0.1) is 11.8 Å². The maximum absolute atomic E-state index is 6.20. The first-order chi connectivity index (χ1) is 8.49. The van der Waals surface area contributed by atoms with Gasteiger partial charge in [0.2, 0.25) is 0 Å². The summed E-state index contributed by atoms with van der Waals surface area (Å²) in [5.41, 5.74) is 6.20. The molecule has 0 radical (unpaired) electrons. The zero-order valence-electron chi connectivity index (χ0n) is 11.4. The van der Waals surface area contributed by atoms with Crippen LogP contribution in [0.2, 0.25) is 4.34 Å². The van der Waals surface area contributed by atoms with Gasteiger partial charge in [-0.15, -0.1) is 11.3 Å². The van der Waals surface area contributed by atoms with Crippen LogP contribution >= 0.6 is 22.9 Å². The molecule has 0 saturated carbocycles. The third-order valence-corrected chi connectivity index (χ3v) is 5.28. The lowest BCUT2D eigenvalue weighted by atomic mass is 9.95. The van der Waals surface area contributed by atoms with Gasteiger partial charge in [-0.3, -0.25) is 4.90 Å². The zero-order valence-corrected chi connectivity index (χ0v) is 13.0. The highest BCUT2D eigenvalue weighted by Crippen LogP contribution is 2.36. The van der Waals surface area contributed by atoms with E-state index in [1.54, 1.807) is 11.3 Å². The van der Waals surface area contributed by atoms with Gasteiger partial charge in [-0.1, -0.05) is 25.4 Å². The van der Waals surface area contributed by atoms with E-state index in [1.165, 1.54) is 17.8 Å². The van der Waals surface area contributed by atoms with Gasteiger partial charge in [-0.25, -0.2) is 0 Å². The fourth-order valence-corrected chi connectivity index (χ4v) is 4.18. The van der Waals surface area contributed by atoms with Crippen LogP contribution in [-0.2, 0) is 0 Å². The van der Waals surface area contributed by atoms with Crippen LogP contribution in [0.4, 0.5) is 0 Å². The molecule has 0 amide bonds. The van der Waals surface area contributed by atoms with Crippen LogP contribution in [0.3, 0.4) is 0 Å². The number of hydrogen-bond donors (Lipinski definition) is 1. The van der Waals surface area contributed by atoms with Gasteiger partial charge in [0.1, 0.15) is 0 Å². The number of likely N-dealkylation sites (tertiary alicyclic amines) is 1. The van der Waals surface area contributed by atoms with Crippen molar-refractivity contribution in [1.29, 1.82) is 0 Å². The molecule has 1 aromatic rings. The van der Waals surface area contributed by atoms with Crippen LogP contribution in [-0.4, -0.2) is 24.0 Å². The fraction of sp³-hybridized carbons (Fsp3) is 0.714. The molecule has 2 nitrogen and oxygen atoms in total. The second kappa shape index (κ2) is 5.91. The average Bonchev–Trinajstić information content (AvgIpc) is 2.88. The molecular weight excluding hydrogens is 264 g/mol. The van der Waals surface area contributed by atoms with Gasteiger partial charge in [-0.2, -0.15) is 0 Å². The van der Waals surface area contributed by atoms with Crippen LogP contribution in [0.25, 0.3) is 0 Å². The van der Waals surface area contributed by atoms with Crippen molar-refractivity contribution >= 4 is 22.9 Å². The smallest absolute Gasteiger partial charge is 0.0931 e. The minimum atomic E-state index is 0.144. The van der Waals surface area contributed by atoms with Crippen molar-refractivity contribution < 1.29 is 0 Å². The van der Waals surface area contributed by atoms with E-state index in [0.29, 0.717) is 6.04 Å². The molecule has 3 atom stereocenters. The first kappa shape index (κ1) is 14.3. The predicted octanol–water partition coefficient (Wildman–Crippen LogP) is 3.77. The number of nitrogens with zero attached hydrogens (tertiary/aromatic N) is 1. The van der Waals surface area contributed by atoms with Gasteiger partial charge in [0, 0.05) is 17.5 Å². The Morgan fingerprint density at radius 2 is 2.11 bits per heavy atom. The SMILES string of the molecule is CC(C)C1CCN(C(c2ccc(Cl)s2)C(C)N)C1. The fourth-order valence-electron chi connectivity index (χ4n) is 2.87. The lowest BCUT2D eigenvalue weighted by Crippen LogP contribution is -2.38. The molecule has 0 spiro atoms. The minimum Gasteiger partial charge on any atom is -0.326 e. The second-order valence-corrected chi connectivity index (χ2v) is 7.48. The third-order valence-electron chi connectivity index (χ3n) is 3.98. The summed E-state index contributed by atoms with van der Waals surface area (Å²) >= 11 is 7.72. The maximum atomic E-state index is 6.20. The number of thiophene rings is 1. The summed E-state index contributed by atoms with van der Waals surface area (Å²) in [6, 6.07) is 4.58. The summed E-state index contributed by atoms with van der Waals surface area (Å²) in [7, 11) is 0. The Kier molecular flexibility index (Phi) is 4.70. The molecule has 1 fully saturated rings. The molecule has 2 N–H and O–H groups in total. The quantitative estimate of drug-likeness (QED) is 0.913. The summed E-state index contributed by atoms with van der Waals surface area (Å²) in [6.45, 7) is 9.05. The largest absolute Gasteiger partial charge is 0.326 e. The molecular formula is C14H23ClN2S. The molecule has 18 heavy (non-hydrogen) atoms. The molecule has 0 aliphatic carbocycles. The van der Waals surface area contributed by atoms with E-state index in [-0.39, 0.29) is 6.04 Å². The van der Waals surface area contributed by atoms with E-state index >= 15 is 0 Å². The van der Waals surface area contributed by atoms with Gasteiger partial charge < -0.3 is 5.73 Å². The second-order valence-electron chi connectivity index (χ2n) is 5.73. The van der Waals surface area contributed by atoms with Gasteiger partial charge in [-0.05, 0) is 43.9 Å². The van der Waals surface area contributed by atoms with Crippen molar-refractivity contribution in [3.63, 3.8) is 0 Å². The molecule has 3 unspecified atom stereocenters. The standard InChI is InChI=1S/C14H23ClN2S/c1-9(2)11-6-7-17(8-11)14(10(3)16)12-4-5-13(15)18-12/h4-5,9-11,14H,6-8,16H2,1-3H3. The molecule has 102 valence electrons. The van der Waals surface area contributed by atoms with Crippen molar-refractivity contribution in [2.45, 2.75) is 39.3 Å². The average molecular weight is 287 g/mol. The van der Waals surface area contributed by atoms with Crippen LogP contribution < -0.4 is 5.73 Å². The number of rotatable bonds is 4. The first-order valence-electron chi connectivity index (χ1n) is 6.74. The predicted molar refractivity (Wildman–Crippen MR) is 80.2 cm³/mol. The van der Waals surface area contributed by atoms with E-state index in [1.807, 2.05) is 6.07 Å². The Labute approximate surface area is 119 Å². The highest BCUT2D eigenvalue weighted by Gasteiger charge is 2.32. The molecule has 1 saturated heterocycles. The summed E-state index contributed by atoms with van der Waals surface area (Å²) in [5, 5.41) is 0. The molecule has 2 rings (SSSR count). The van der Waals surface area contributed by atoms with Gasteiger partial charge in [0.05, 0.1) is 10.4 Å². The number of halogens is 1.